The van der Waals surface area contributed by atoms with Crippen LogP contribution in [-0.2, 0) is 4.79 Å². The third-order valence-corrected chi connectivity index (χ3v) is 5.13. The molecular formula is C27H24ClFN4O5. The van der Waals surface area contributed by atoms with E-state index >= 15 is 0 Å². The second kappa shape index (κ2) is 14.3. The average Bonchev–Trinajstić information content (AvgIpc) is 2.93. The van der Waals surface area contributed by atoms with Crippen molar-refractivity contribution in [3.63, 3.8) is 0 Å². The van der Waals surface area contributed by atoms with E-state index in [-0.39, 0.29) is 18.2 Å². The lowest BCUT2D eigenvalue weighted by atomic mass is 10.2. The SMILES string of the molecule is CNO.COc1cc2ncnc(Nc3ccc(F)c(Cl)c3)c2cc1OCCOc1ccc(C#CC=O)cc1. The normalized spacial score (nSPS) is 9.92. The molecule has 9 nitrogen and oxygen atoms in total. The summed E-state index contributed by atoms with van der Waals surface area (Å²) in [4.78, 5) is 18.9. The number of aromatic nitrogens is 2. The van der Waals surface area contributed by atoms with E-state index < -0.39 is 5.82 Å². The van der Waals surface area contributed by atoms with Gasteiger partial charge in [-0.1, -0.05) is 17.5 Å². The lowest BCUT2D eigenvalue weighted by molar-refractivity contribution is -0.103. The van der Waals surface area contributed by atoms with Gasteiger partial charge in [0.2, 0.25) is 0 Å². The van der Waals surface area contributed by atoms with E-state index in [9.17, 15) is 9.18 Å². The molecule has 0 bridgehead atoms. The van der Waals surface area contributed by atoms with Crippen LogP contribution in [0.25, 0.3) is 10.9 Å². The smallest absolute Gasteiger partial charge is 0.193 e. The minimum absolute atomic E-state index is 0.00239. The summed E-state index contributed by atoms with van der Waals surface area (Å²) in [6, 6.07) is 14.9. The molecule has 0 aliphatic rings. The Bertz CT molecular complexity index is 1440. The summed E-state index contributed by atoms with van der Waals surface area (Å²) >= 11 is 5.89. The van der Waals surface area contributed by atoms with Crippen LogP contribution in [0.1, 0.15) is 5.56 Å². The first-order valence-corrected chi connectivity index (χ1v) is 11.5. The number of methoxy groups -OCH3 is 1. The quantitative estimate of drug-likeness (QED) is 0.126. The first-order chi connectivity index (χ1) is 18.5. The van der Waals surface area contributed by atoms with Gasteiger partial charge >= 0.3 is 0 Å². The van der Waals surface area contributed by atoms with Crippen LogP contribution < -0.4 is 25.0 Å². The molecule has 0 fully saturated rings. The number of nitrogens with one attached hydrogen (secondary N) is 2. The van der Waals surface area contributed by atoms with E-state index in [1.165, 1.54) is 25.5 Å². The van der Waals surface area contributed by atoms with E-state index in [2.05, 4.69) is 27.1 Å². The van der Waals surface area contributed by atoms with Crippen molar-refractivity contribution in [1.29, 1.82) is 0 Å². The van der Waals surface area contributed by atoms with Crippen molar-refractivity contribution >= 4 is 40.3 Å². The molecule has 0 aliphatic heterocycles. The van der Waals surface area contributed by atoms with Crippen LogP contribution in [0.3, 0.4) is 0 Å². The van der Waals surface area contributed by atoms with Crippen LogP contribution in [0, 0.1) is 17.7 Å². The van der Waals surface area contributed by atoms with Gasteiger partial charge in [-0.05, 0) is 54.5 Å². The van der Waals surface area contributed by atoms with Gasteiger partial charge in [0, 0.05) is 29.8 Å². The third kappa shape index (κ3) is 7.78. The van der Waals surface area contributed by atoms with Gasteiger partial charge in [-0.25, -0.2) is 19.8 Å². The maximum absolute atomic E-state index is 13.5. The fraction of sp³-hybridized carbons (Fsp3) is 0.148. The van der Waals surface area contributed by atoms with Gasteiger partial charge in [0.25, 0.3) is 0 Å². The van der Waals surface area contributed by atoms with Gasteiger partial charge in [0.15, 0.2) is 17.8 Å². The van der Waals surface area contributed by atoms with Gasteiger partial charge in [-0.15, -0.1) is 0 Å². The van der Waals surface area contributed by atoms with Crippen molar-refractivity contribution in [2.24, 2.45) is 0 Å². The molecule has 0 atom stereocenters. The van der Waals surface area contributed by atoms with Gasteiger partial charge in [0.1, 0.15) is 36.9 Å². The predicted octanol–water partition coefficient (Wildman–Crippen LogP) is 4.78. The summed E-state index contributed by atoms with van der Waals surface area (Å²) in [5.41, 5.74) is 3.68. The Kier molecular flexibility index (Phi) is 10.6. The number of carbonyl (C=O) groups is 1. The highest BCUT2D eigenvalue weighted by atomic mass is 35.5. The number of hydrogen-bond acceptors (Lipinski definition) is 9. The van der Waals surface area contributed by atoms with Crippen LogP contribution in [0.15, 0.2) is 60.9 Å². The standard InChI is InChI=1S/C26H19ClFN3O4.CH5NO/c1-33-24-15-23-20(26(30-16-29-23)31-18-6-9-22(28)21(27)13-18)14-25(24)35-12-11-34-19-7-4-17(5-8-19)3-2-10-32;1-2-3/h4-10,13-16H,11-12H2,1H3,(H,29,30,31);2-3H,1H3. The van der Waals surface area contributed by atoms with E-state index in [1.54, 1.807) is 55.1 Å². The Morgan fingerprint density at radius 2 is 1.79 bits per heavy atom. The summed E-state index contributed by atoms with van der Waals surface area (Å²) in [5, 5.41) is 11.1. The first-order valence-electron chi connectivity index (χ1n) is 11.2. The Hall–Kier alpha value is -4.43. The number of carbonyl (C=O) groups excluding carboxylic acids is 1. The third-order valence-electron chi connectivity index (χ3n) is 4.84. The largest absolute Gasteiger partial charge is 0.493 e. The summed E-state index contributed by atoms with van der Waals surface area (Å²) in [6.45, 7) is 0.531. The Morgan fingerprint density at radius 3 is 2.47 bits per heavy atom. The zero-order chi connectivity index (χ0) is 27.3. The molecule has 38 heavy (non-hydrogen) atoms. The number of rotatable bonds is 8. The minimum Gasteiger partial charge on any atom is -0.493 e. The summed E-state index contributed by atoms with van der Waals surface area (Å²) in [7, 11) is 2.97. The Labute approximate surface area is 223 Å². The second-order valence-corrected chi connectivity index (χ2v) is 7.74. The van der Waals surface area contributed by atoms with Crippen LogP contribution in [0.2, 0.25) is 5.02 Å². The number of fused-ring (bicyclic) bond motifs is 1. The molecular weight excluding hydrogens is 515 g/mol. The van der Waals surface area contributed by atoms with Gasteiger partial charge in [-0.3, -0.25) is 4.79 Å². The van der Waals surface area contributed by atoms with Crippen molar-refractivity contribution in [3.8, 4) is 29.1 Å². The topological polar surface area (TPSA) is 115 Å². The molecule has 1 heterocycles. The van der Waals surface area contributed by atoms with Crippen LogP contribution >= 0.6 is 11.6 Å². The molecule has 3 N–H and O–H groups in total. The van der Waals surface area contributed by atoms with Crippen molar-refractivity contribution < 1.29 is 28.6 Å². The minimum atomic E-state index is -0.505. The number of halogens is 2. The maximum Gasteiger partial charge on any atom is 0.193 e. The van der Waals surface area contributed by atoms with Crippen molar-refractivity contribution in [2.45, 2.75) is 0 Å². The maximum atomic E-state index is 13.5. The van der Waals surface area contributed by atoms with Gasteiger partial charge in [0.05, 0.1) is 17.6 Å². The zero-order valence-corrected chi connectivity index (χ0v) is 21.3. The molecule has 11 heteroatoms. The van der Waals surface area contributed by atoms with Crippen LogP contribution in [-0.4, -0.2) is 48.8 Å². The molecule has 4 rings (SSSR count). The number of ether oxygens (including phenoxy) is 3. The Balaban J connectivity index is 0.00000127. The van der Waals surface area contributed by atoms with E-state index in [0.29, 0.717) is 45.9 Å². The van der Waals surface area contributed by atoms with Crippen LogP contribution in [0.4, 0.5) is 15.9 Å². The molecule has 0 unspecified atom stereocenters. The molecule has 0 spiro atoms. The molecule has 0 saturated carbocycles. The van der Waals surface area contributed by atoms with Gasteiger partial charge in [-0.2, -0.15) is 0 Å². The first kappa shape index (κ1) is 28.1. The highest BCUT2D eigenvalue weighted by Crippen LogP contribution is 2.35. The lowest BCUT2D eigenvalue weighted by Crippen LogP contribution is -2.09. The number of hydroxylamine groups is 1. The summed E-state index contributed by atoms with van der Waals surface area (Å²) in [5.74, 6) is 6.70. The van der Waals surface area contributed by atoms with Gasteiger partial charge < -0.3 is 24.7 Å². The molecule has 196 valence electrons. The number of hydrogen-bond donors (Lipinski definition) is 3. The summed E-state index contributed by atoms with van der Waals surface area (Å²) < 4.78 is 30.6. The average molecular weight is 539 g/mol. The number of benzene rings is 3. The van der Waals surface area contributed by atoms with Crippen LogP contribution in [0.5, 0.6) is 17.2 Å². The molecule has 1 aromatic heterocycles. The number of nitrogens with zero attached hydrogens (tertiary/aromatic N) is 2. The van der Waals surface area contributed by atoms with E-state index in [0.717, 1.165) is 5.56 Å². The molecule has 0 saturated heterocycles. The highest BCUT2D eigenvalue weighted by Gasteiger charge is 2.13. The monoisotopic (exact) mass is 538 g/mol. The lowest BCUT2D eigenvalue weighted by Gasteiger charge is -2.14. The molecule has 3 aromatic carbocycles. The molecule has 4 aromatic rings. The van der Waals surface area contributed by atoms with Crippen molar-refractivity contribution in [2.75, 3.05) is 32.7 Å². The second-order valence-electron chi connectivity index (χ2n) is 7.33. The zero-order valence-electron chi connectivity index (χ0n) is 20.5. The predicted molar refractivity (Wildman–Crippen MR) is 142 cm³/mol. The fourth-order valence-electron chi connectivity index (χ4n) is 3.21. The fourth-order valence-corrected chi connectivity index (χ4v) is 3.39. The molecule has 0 radical (unpaired) electrons. The van der Waals surface area contributed by atoms with E-state index in [1.807, 2.05) is 0 Å². The Morgan fingerprint density at radius 1 is 1.05 bits per heavy atom. The summed E-state index contributed by atoms with van der Waals surface area (Å²) in [6.07, 6.45) is 1.96. The number of anilines is 2. The highest BCUT2D eigenvalue weighted by molar-refractivity contribution is 6.31. The van der Waals surface area contributed by atoms with Crippen molar-refractivity contribution in [3.05, 3.63) is 77.3 Å². The molecule has 0 aliphatic carbocycles. The molecule has 0 amide bonds. The van der Waals surface area contributed by atoms with E-state index in [4.69, 9.17) is 31.0 Å². The van der Waals surface area contributed by atoms with Crippen molar-refractivity contribution in [1.82, 2.24) is 15.4 Å². The number of aldehydes is 1.